The van der Waals surface area contributed by atoms with Gasteiger partial charge in [0, 0.05) is 19.6 Å². The summed E-state index contributed by atoms with van der Waals surface area (Å²) in [6.07, 6.45) is -4.55. The number of sulfonamides is 1. The molecule has 0 unspecified atom stereocenters. The summed E-state index contributed by atoms with van der Waals surface area (Å²) in [5.74, 6) is 0.643. The predicted molar refractivity (Wildman–Crippen MR) is 162 cm³/mol. The molecule has 0 amide bonds. The van der Waals surface area contributed by atoms with Crippen LogP contribution in [0.2, 0.25) is 0 Å². The van der Waals surface area contributed by atoms with Gasteiger partial charge in [-0.2, -0.15) is 13.2 Å². The minimum Gasteiger partial charge on any atom is -0.486 e. The second kappa shape index (κ2) is 11.1. The smallest absolute Gasteiger partial charge is 0.486 e. The Kier molecular flexibility index (Phi) is 7.79. The summed E-state index contributed by atoms with van der Waals surface area (Å²) < 4.78 is 88.7. The van der Waals surface area contributed by atoms with Crippen LogP contribution in [-0.4, -0.2) is 57.4 Å². The van der Waals surface area contributed by atoms with Crippen LogP contribution in [0.15, 0.2) is 77.7 Å². The Hall–Kier alpha value is -3.06. The van der Waals surface area contributed by atoms with Crippen LogP contribution in [0, 0.1) is 5.92 Å². The Labute approximate surface area is 257 Å². The lowest BCUT2D eigenvalue weighted by molar-refractivity contribution is -0.137. The molecule has 3 heterocycles. The first kappa shape index (κ1) is 30.9. The number of benzene rings is 3. The van der Waals surface area contributed by atoms with Gasteiger partial charge in [-0.05, 0) is 81.4 Å². The summed E-state index contributed by atoms with van der Waals surface area (Å²) in [6.45, 7) is 10.2. The van der Waals surface area contributed by atoms with Crippen LogP contribution in [0.1, 0.15) is 45.2 Å². The Morgan fingerprint density at radius 1 is 0.886 bits per heavy atom. The standard InChI is InChI=1S/C32H36BF3N2O5S/c1-30(2)31(3,4)43-33(42-30)25-13-14-29-28(17-25)38(44(39,40)27-12-8-11-24(16-27)32(34,35)36)21-26(41-29)15-23-19-37(20-23)18-22-9-6-5-7-10-22/h5-14,16-17,23,26H,15,18-21H2,1-4H3/t26-/m0/s1. The second-order valence-corrected chi connectivity index (χ2v) is 14.8. The molecule has 3 aliphatic rings. The lowest BCUT2D eigenvalue weighted by Crippen LogP contribution is -2.51. The van der Waals surface area contributed by atoms with Crippen molar-refractivity contribution in [2.45, 2.75) is 69.0 Å². The molecule has 234 valence electrons. The van der Waals surface area contributed by atoms with Crippen molar-refractivity contribution in [2.24, 2.45) is 5.92 Å². The molecule has 0 radical (unpaired) electrons. The third kappa shape index (κ3) is 5.97. The van der Waals surface area contributed by atoms with Gasteiger partial charge in [-0.25, -0.2) is 8.42 Å². The average Bonchev–Trinajstić information content (AvgIpc) is 3.17. The van der Waals surface area contributed by atoms with Crippen molar-refractivity contribution in [3.05, 3.63) is 83.9 Å². The summed E-state index contributed by atoms with van der Waals surface area (Å²) in [5.41, 5.74) is -0.200. The van der Waals surface area contributed by atoms with Crippen LogP contribution in [0.25, 0.3) is 0 Å². The first-order valence-corrected chi connectivity index (χ1v) is 16.2. The highest BCUT2D eigenvalue weighted by Crippen LogP contribution is 2.41. The topological polar surface area (TPSA) is 68.3 Å². The third-order valence-corrected chi connectivity index (χ3v) is 10.8. The van der Waals surface area contributed by atoms with Crippen molar-refractivity contribution < 1.29 is 35.6 Å². The quantitative estimate of drug-likeness (QED) is 0.323. The molecule has 44 heavy (non-hydrogen) atoms. The van der Waals surface area contributed by atoms with Crippen molar-refractivity contribution in [3.63, 3.8) is 0 Å². The molecule has 1 atom stereocenters. The zero-order valence-corrected chi connectivity index (χ0v) is 26.0. The number of likely N-dealkylation sites (tertiary alicyclic amines) is 1. The van der Waals surface area contributed by atoms with Gasteiger partial charge in [0.25, 0.3) is 10.0 Å². The fraction of sp³-hybridized carbons (Fsp3) is 0.438. The average molecular weight is 629 g/mol. The molecule has 3 aliphatic heterocycles. The number of anilines is 1. The number of nitrogens with zero attached hydrogens (tertiary/aromatic N) is 2. The zero-order chi connectivity index (χ0) is 31.5. The summed E-state index contributed by atoms with van der Waals surface area (Å²) in [7, 11) is -5.15. The zero-order valence-electron chi connectivity index (χ0n) is 25.2. The molecule has 3 aromatic carbocycles. The van der Waals surface area contributed by atoms with Gasteiger partial charge in [-0.3, -0.25) is 9.21 Å². The minimum absolute atomic E-state index is 0.0341. The van der Waals surface area contributed by atoms with Gasteiger partial charge in [-0.15, -0.1) is 0 Å². The number of ether oxygens (including phenoxy) is 1. The van der Waals surface area contributed by atoms with Gasteiger partial charge in [0.05, 0.1) is 33.9 Å². The van der Waals surface area contributed by atoms with Gasteiger partial charge >= 0.3 is 13.3 Å². The lowest BCUT2D eigenvalue weighted by atomic mass is 9.78. The van der Waals surface area contributed by atoms with E-state index in [2.05, 4.69) is 17.0 Å². The summed E-state index contributed by atoms with van der Waals surface area (Å²) in [5, 5.41) is 0. The van der Waals surface area contributed by atoms with Crippen molar-refractivity contribution >= 4 is 28.3 Å². The van der Waals surface area contributed by atoms with Crippen LogP contribution in [0.4, 0.5) is 18.9 Å². The van der Waals surface area contributed by atoms with Gasteiger partial charge in [-0.1, -0.05) is 42.5 Å². The van der Waals surface area contributed by atoms with Gasteiger partial charge in [0.1, 0.15) is 11.9 Å². The van der Waals surface area contributed by atoms with Crippen molar-refractivity contribution in [1.29, 1.82) is 0 Å². The number of hydrogen-bond acceptors (Lipinski definition) is 6. The summed E-state index contributed by atoms with van der Waals surface area (Å²) >= 11 is 0. The van der Waals surface area contributed by atoms with E-state index < -0.39 is 51.1 Å². The molecule has 0 aliphatic carbocycles. The maximum atomic E-state index is 14.1. The van der Waals surface area contributed by atoms with E-state index in [0.717, 1.165) is 31.8 Å². The Bertz CT molecular complexity index is 1610. The number of hydrogen-bond donors (Lipinski definition) is 0. The molecule has 12 heteroatoms. The van der Waals surface area contributed by atoms with E-state index in [9.17, 15) is 21.6 Å². The van der Waals surface area contributed by atoms with Crippen LogP contribution in [0.3, 0.4) is 0 Å². The Morgan fingerprint density at radius 2 is 1.57 bits per heavy atom. The normalized spacial score (nSPS) is 21.9. The number of fused-ring (bicyclic) bond motifs is 1. The van der Waals surface area contributed by atoms with Crippen LogP contribution >= 0.6 is 0 Å². The number of halogens is 3. The molecule has 6 rings (SSSR count). The predicted octanol–water partition coefficient (Wildman–Crippen LogP) is 5.48. The maximum absolute atomic E-state index is 14.1. The second-order valence-electron chi connectivity index (χ2n) is 12.9. The fourth-order valence-corrected chi connectivity index (χ4v) is 7.48. The highest BCUT2D eigenvalue weighted by Gasteiger charge is 2.52. The third-order valence-electron chi connectivity index (χ3n) is 9.07. The molecular formula is C32H36BF3N2O5S. The van der Waals surface area contributed by atoms with Crippen molar-refractivity contribution in [1.82, 2.24) is 4.90 Å². The highest BCUT2D eigenvalue weighted by molar-refractivity contribution is 7.92. The molecule has 0 bridgehead atoms. The molecular weight excluding hydrogens is 592 g/mol. The summed E-state index contributed by atoms with van der Waals surface area (Å²) in [6, 6.07) is 19.2. The van der Waals surface area contributed by atoms with E-state index in [1.807, 2.05) is 45.9 Å². The highest BCUT2D eigenvalue weighted by atomic mass is 32.2. The molecule has 7 nitrogen and oxygen atoms in total. The van der Waals surface area contributed by atoms with E-state index in [0.29, 0.717) is 29.6 Å². The Balaban J connectivity index is 1.28. The van der Waals surface area contributed by atoms with E-state index in [4.69, 9.17) is 14.0 Å². The van der Waals surface area contributed by atoms with Gasteiger partial charge < -0.3 is 14.0 Å². The van der Waals surface area contributed by atoms with Crippen molar-refractivity contribution in [3.8, 4) is 5.75 Å². The summed E-state index contributed by atoms with van der Waals surface area (Å²) in [4.78, 5) is 1.89. The van der Waals surface area contributed by atoms with Gasteiger partial charge in [0.15, 0.2) is 0 Å². The molecule has 2 saturated heterocycles. The van der Waals surface area contributed by atoms with Crippen LogP contribution in [-0.2, 0) is 32.1 Å². The van der Waals surface area contributed by atoms with E-state index in [1.165, 1.54) is 15.9 Å². The van der Waals surface area contributed by atoms with Crippen LogP contribution in [0.5, 0.6) is 5.75 Å². The maximum Gasteiger partial charge on any atom is 0.494 e. The van der Waals surface area contributed by atoms with Gasteiger partial charge in [0.2, 0.25) is 0 Å². The Morgan fingerprint density at radius 3 is 2.23 bits per heavy atom. The molecule has 0 saturated carbocycles. The van der Waals surface area contributed by atoms with Crippen LogP contribution < -0.4 is 14.5 Å². The lowest BCUT2D eigenvalue weighted by Gasteiger charge is -2.43. The largest absolute Gasteiger partial charge is 0.494 e. The van der Waals surface area contributed by atoms with E-state index in [-0.39, 0.29) is 12.2 Å². The first-order valence-electron chi connectivity index (χ1n) is 14.7. The van der Waals surface area contributed by atoms with Crippen molar-refractivity contribution in [2.75, 3.05) is 23.9 Å². The molecule has 3 aromatic rings. The molecule has 0 aromatic heterocycles. The molecule has 0 N–H and O–H groups in total. The number of alkyl halides is 3. The first-order chi connectivity index (χ1) is 20.6. The van der Waals surface area contributed by atoms with E-state index >= 15 is 0 Å². The monoisotopic (exact) mass is 628 g/mol. The number of rotatable bonds is 7. The molecule has 2 fully saturated rings. The molecule has 0 spiro atoms. The fourth-order valence-electron chi connectivity index (χ4n) is 5.93. The SMILES string of the molecule is CC1(C)OB(c2ccc3c(c2)N(S(=O)(=O)c2cccc(C(F)(F)F)c2)C[C@H](CC2CN(Cc4ccccc4)C2)O3)OC1(C)C. The minimum atomic E-state index is -4.68. The van der Waals surface area contributed by atoms with E-state index in [1.54, 1.807) is 18.2 Å².